The number of rotatable bonds is 2. The first-order chi connectivity index (χ1) is 9.61. The molecular weight excluding hydrogens is 316 g/mol. The van der Waals surface area contributed by atoms with E-state index >= 15 is 0 Å². The van der Waals surface area contributed by atoms with E-state index in [0.29, 0.717) is 12.1 Å². The van der Waals surface area contributed by atoms with Crippen LogP contribution in [-0.2, 0) is 0 Å². The Bertz CT molecular complexity index is 497. The molecule has 2 saturated heterocycles. The highest BCUT2D eigenvalue weighted by Crippen LogP contribution is 2.27. The molecule has 1 aromatic rings. The fraction of sp³-hybridized carbons (Fsp3) is 0.562. The zero-order chi connectivity index (χ0) is 14.1. The first-order valence-corrected chi connectivity index (χ1v) is 8.23. The number of hydrogen-bond donors (Lipinski definition) is 1. The second kappa shape index (κ2) is 5.86. The van der Waals surface area contributed by atoms with E-state index in [1.165, 1.54) is 19.4 Å². The van der Waals surface area contributed by atoms with Gasteiger partial charge in [-0.05, 0) is 62.9 Å². The summed E-state index contributed by atoms with van der Waals surface area (Å²) in [6, 6.07) is 6.89. The molecule has 0 aliphatic carbocycles. The summed E-state index contributed by atoms with van der Waals surface area (Å²) >= 11 is 3.46. The van der Waals surface area contributed by atoms with Gasteiger partial charge in [-0.2, -0.15) is 0 Å². The van der Waals surface area contributed by atoms with Crippen LogP contribution in [0.5, 0.6) is 0 Å². The lowest BCUT2D eigenvalue weighted by molar-refractivity contribution is 0.0896. The van der Waals surface area contributed by atoms with E-state index in [1.54, 1.807) is 0 Å². The number of fused-ring (bicyclic) bond motifs is 1. The van der Waals surface area contributed by atoms with Gasteiger partial charge in [0.15, 0.2) is 0 Å². The molecule has 2 unspecified atom stereocenters. The Morgan fingerprint density at radius 2 is 2.15 bits per heavy atom. The van der Waals surface area contributed by atoms with Crippen molar-refractivity contribution in [3.05, 3.63) is 33.8 Å². The number of carbonyl (C=O) groups is 1. The van der Waals surface area contributed by atoms with Crippen molar-refractivity contribution in [3.63, 3.8) is 0 Å². The van der Waals surface area contributed by atoms with Gasteiger partial charge in [0.05, 0.1) is 0 Å². The van der Waals surface area contributed by atoms with E-state index in [4.69, 9.17) is 0 Å². The molecule has 108 valence electrons. The van der Waals surface area contributed by atoms with E-state index in [-0.39, 0.29) is 5.91 Å². The highest BCUT2D eigenvalue weighted by molar-refractivity contribution is 9.10. The smallest absolute Gasteiger partial charge is 0.251 e. The monoisotopic (exact) mass is 336 g/mol. The molecule has 2 aliphatic heterocycles. The Morgan fingerprint density at radius 1 is 1.30 bits per heavy atom. The van der Waals surface area contributed by atoms with Crippen LogP contribution in [-0.4, -0.2) is 36.0 Å². The molecule has 3 nitrogen and oxygen atoms in total. The minimum absolute atomic E-state index is 0.0610. The Kier molecular flexibility index (Phi) is 4.13. The van der Waals surface area contributed by atoms with Gasteiger partial charge in [-0.25, -0.2) is 0 Å². The molecule has 2 fully saturated rings. The van der Waals surface area contributed by atoms with Gasteiger partial charge in [0, 0.05) is 28.7 Å². The summed E-state index contributed by atoms with van der Waals surface area (Å²) < 4.78 is 0.966. The van der Waals surface area contributed by atoms with Gasteiger partial charge in [0.2, 0.25) is 0 Å². The van der Waals surface area contributed by atoms with E-state index in [1.807, 2.05) is 25.1 Å². The Balaban J connectivity index is 1.64. The van der Waals surface area contributed by atoms with Crippen LogP contribution in [0.15, 0.2) is 22.7 Å². The molecule has 0 radical (unpaired) electrons. The molecule has 2 heterocycles. The van der Waals surface area contributed by atoms with Crippen molar-refractivity contribution >= 4 is 21.8 Å². The maximum absolute atomic E-state index is 12.4. The van der Waals surface area contributed by atoms with Crippen LogP contribution in [0.1, 0.15) is 41.6 Å². The van der Waals surface area contributed by atoms with Crippen molar-refractivity contribution in [3.8, 4) is 0 Å². The largest absolute Gasteiger partial charge is 0.349 e. The number of nitrogens with one attached hydrogen (secondary N) is 1. The summed E-state index contributed by atoms with van der Waals surface area (Å²) in [7, 11) is 0. The number of aryl methyl sites for hydroxylation is 1. The predicted molar refractivity (Wildman–Crippen MR) is 84.0 cm³/mol. The SMILES string of the molecule is Cc1cc(Br)cc(C(=O)NC2CCN3CCCC3C2)c1. The van der Waals surface area contributed by atoms with Gasteiger partial charge >= 0.3 is 0 Å². The fourth-order valence-electron chi connectivity index (χ4n) is 3.49. The van der Waals surface area contributed by atoms with Crippen LogP contribution in [0, 0.1) is 6.92 Å². The number of carbonyl (C=O) groups excluding carboxylic acids is 1. The maximum atomic E-state index is 12.4. The lowest BCUT2D eigenvalue weighted by Gasteiger charge is -2.35. The van der Waals surface area contributed by atoms with Crippen molar-refractivity contribution in [2.75, 3.05) is 13.1 Å². The zero-order valence-electron chi connectivity index (χ0n) is 11.9. The minimum Gasteiger partial charge on any atom is -0.349 e. The maximum Gasteiger partial charge on any atom is 0.251 e. The fourth-order valence-corrected chi connectivity index (χ4v) is 4.10. The molecule has 20 heavy (non-hydrogen) atoms. The topological polar surface area (TPSA) is 32.3 Å². The second-order valence-corrected chi connectivity index (χ2v) is 6.96. The molecule has 3 rings (SSSR count). The van der Waals surface area contributed by atoms with E-state index in [0.717, 1.165) is 35.0 Å². The summed E-state index contributed by atoms with van der Waals surface area (Å²) in [4.78, 5) is 14.9. The van der Waals surface area contributed by atoms with Crippen LogP contribution in [0.25, 0.3) is 0 Å². The van der Waals surface area contributed by atoms with Gasteiger partial charge in [-0.15, -0.1) is 0 Å². The zero-order valence-corrected chi connectivity index (χ0v) is 13.4. The first-order valence-electron chi connectivity index (χ1n) is 7.44. The van der Waals surface area contributed by atoms with Gasteiger partial charge in [-0.3, -0.25) is 4.79 Å². The number of halogens is 1. The second-order valence-electron chi connectivity index (χ2n) is 6.04. The van der Waals surface area contributed by atoms with Crippen LogP contribution < -0.4 is 5.32 Å². The molecule has 0 saturated carbocycles. The average molecular weight is 337 g/mol. The van der Waals surface area contributed by atoms with Crippen LogP contribution in [0.4, 0.5) is 0 Å². The molecule has 0 spiro atoms. The summed E-state index contributed by atoms with van der Waals surface area (Å²) in [5.41, 5.74) is 1.86. The molecule has 2 atom stereocenters. The Morgan fingerprint density at radius 3 is 2.95 bits per heavy atom. The first kappa shape index (κ1) is 14.1. The summed E-state index contributed by atoms with van der Waals surface area (Å²) in [6.45, 7) is 4.39. The number of piperidine rings is 1. The highest BCUT2D eigenvalue weighted by atomic mass is 79.9. The van der Waals surface area contributed by atoms with Crippen molar-refractivity contribution < 1.29 is 4.79 Å². The molecule has 1 amide bonds. The number of nitrogens with zero attached hydrogens (tertiary/aromatic N) is 1. The molecule has 0 bridgehead atoms. The quantitative estimate of drug-likeness (QED) is 0.899. The lowest BCUT2D eigenvalue weighted by atomic mass is 9.97. The number of amides is 1. The number of benzene rings is 1. The molecule has 1 N–H and O–H groups in total. The molecule has 4 heteroatoms. The lowest BCUT2D eigenvalue weighted by Crippen LogP contribution is -2.47. The Hall–Kier alpha value is -0.870. The molecule has 1 aromatic carbocycles. The standard InChI is InChI=1S/C16H21BrN2O/c1-11-7-12(9-13(17)8-11)16(20)18-14-4-6-19-5-2-3-15(19)10-14/h7-9,14-15H,2-6,10H2,1H3,(H,18,20). The van der Waals surface area contributed by atoms with E-state index in [9.17, 15) is 4.79 Å². The van der Waals surface area contributed by atoms with Crippen molar-refractivity contribution in [1.82, 2.24) is 10.2 Å². The van der Waals surface area contributed by atoms with Crippen LogP contribution in [0.3, 0.4) is 0 Å². The van der Waals surface area contributed by atoms with Gasteiger partial charge < -0.3 is 10.2 Å². The van der Waals surface area contributed by atoms with Gasteiger partial charge in [-0.1, -0.05) is 15.9 Å². The van der Waals surface area contributed by atoms with E-state index < -0.39 is 0 Å². The van der Waals surface area contributed by atoms with Crippen molar-refractivity contribution in [2.24, 2.45) is 0 Å². The van der Waals surface area contributed by atoms with Gasteiger partial charge in [0.25, 0.3) is 5.91 Å². The van der Waals surface area contributed by atoms with E-state index in [2.05, 4.69) is 26.1 Å². The van der Waals surface area contributed by atoms with Crippen LogP contribution in [0.2, 0.25) is 0 Å². The van der Waals surface area contributed by atoms with Crippen molar-refractivity contribution in [1.29, 1.82) is 0 Å². The molecule has 0 aromatic heterocycles. The third-order valence-corrected chi connectivity index (χ3v) is 4.92. The normalized spacial score (nSPS) is 26.3. The average Bonchev–Trinajstić information content (AvgIpc) is 2.85. The van der Waals surface area contributed by atoms with Crippen LogP contribution >= 0.6 is 15.9 Å². The Labute approximate surface area is 128 Å². The van der Waals surface area contributed by atoms with Gasteiger partial charge in [0.1, 0.15) is 0 Å². The summed E-state index contributed by atoms with van der Waals surface area (Å²) in [5, 5.41) is 3.22. The summed E-state index contributed by atoms with van der Waals surface area (Å²) in [6.07, 6.45) is 4.80. The summed E-state index contributed by atoms with van der Waals surface area (Å²) in [5.74, 6) is 0.0610. The number of hydrogen-bond acceptors (Lipinski definition) is 2. The minimum atomic E-state index is 0.0610. The van der Waals surface area contributed by atoms with Crippen molar-refractivity contribution in [2.45, 2.75) is 44.7 Å². The third kappa shape index (κ3) is 3.07. The third-order valence-electron chi connectivity index (χ3n) is 4.46. The highest BCUT2D eigenvalue weighted by Gasteiger charge is 2.32. The molecule has 2 aliphatic rings. The molecular formula is C16H21BrN2O. The predicted octanol–water partition coefficient (Wildman–Crippen LogP) is 3.11.